The van der Waals surface area contributed by atoms with Crippen LogP contribution in [0.25, 0.3) is 0 Å². The predicted octanol–water partition coefficient (Wildman–Crippen LogP) is 6.55. The Hall–Kier alpha value is -4.21. The number of benzene rings is 2. The molecule has 10 heteroatoms. The van der Waals surface area contributed by atoms with Gasteiger partial charge in [-0.2, -0.15) is 4.98 Å². The third kappa shape index (κ3) is 7.35. The summed E-state index contributed by atoms with van der Waals surface area (Å²) in [6.45, 7) is 15.7. The molecule has 2 heterocycles. The zero-order valence-corrected chi connectivity index (χ0v) is 25.5. The Balaban J connectivity index is 1.54. The molecule has 1 amide bonds. The van der Waals surface area contributed by atoms with E-state index in [0.29, 0.717) is 17.4 Å². The predicted molar refractivity (Wildman–Crippen MR) is 161 cm³/mol. The minimum Gasteiger partial charge on any atom is -0.444 e. The van der Waals surface area contributed by atoms with Gasteiger partial charge in [0.2, 0.25) is 5.95 Å². The van der Waals surface area contributed by atoms with Crippen molar-refractivity contribution in [2.24, 2.45) is 5.92 Å². The Morgan fingerprint density at radius 3 is 2.40 bits per heavy atom. The smallest absolute Gasteiger partial charge is 0.408 e. The summed E-state index contributed by atoms with van der Waals surface area (Å²) in [5.41, 5.74) is 3.99. The lowest BCUT2D eigenvalue weighted by Gasteiger charge is -2.37. The van der Waals surface area contributed by atoms with Crippen molar-refractivity contribution in [1.29, 1.82) is 0 Å². The van der Waals surface area contributed by atoms with Crippen molar-refractivity contribution in [3.05, 3.63) is 70.7 Å². The number of fused-ring (bicyclic) bond motifs is 1. The molecule has 42 heavy (non-hydrogen) atoms. The number of nitrogens with one attached hydrogen (secondary N) is 2. The van der Waals surface area contributed by atoms with Crippen molar-refractivity contribution in [2.75, 3.05) is 16.8 Å². The van der Waals surface area contributed by atoms with Crippen molar-refractivity contribution in [3.63, 3.8) is 0 Å². The van der Waals surface area contributed by atoms with Crippen molar-refractivity contribution in [1.82, 2.24) is 15.3 Å². The summed E-state index contributed by atoms with van der Waals surface area (Å²) in [6.07, 6.45) is 0.114. The van der Waals surface area contributed by atoms with Crippen molar-refractivity contribution in [3.8, 4) is 5.75 Å². The van der Waals surface area contributed by atoms with Crippen molar-refractivity contribution in [2.45, 2.75) is 79.5 Å². The first-order valence-corrected chi connectivity index (χ1v) is 14.2. The second-order valence-corrected chi connectivity index (χ2v) is 12.0. The van der Waals surface area contributed by atoms with Crippen LogP contribution in [-0.4, -0.2) is 40.2 Å². The van der Waals surface area contributed by atoms with E-state index in [9.17, 15) is 14.0 Å². The molecule has 2 aromatic carbocycles. The highest BCUT2D eigenvalue weighted by Gasteiger charge is 2.31. The first-order valence-electron chi connectivity index (χ1n) is 14.2. The van der Waals surface area contributed by atoms with Gasteiger partial charge in [-0.05, 0) is 101 Å². The molecule has 0 radical (unpaired) electrons. The van der Waals surface area contributed by atoms with Gasteiger partial charge in [-0.25, -0.2) is 19.0 Å². The fourth-order valence-electron chi connectivity index (χ4n) is 4.87. The molecule has 0 saturated heterocycles. The van der Waals surface area contributed by atoms with Crippen LogP contribution in [0.4, 0.5) is 26.6 Å². The summed E-state index contributed by atoms with van der Waals surface area (Å²) in [6, 6.07) is 10.8. The number of carbonyl (C=O) groups is 2. The molecular weight excluding hydrogens is 537 g/mol. The highest BCUT2D eigenvalue weighted by molar-refractivity contribution is 5.83. The van der Waals surface area contributed by atoms with Gasteiger partial charge in [-0.3, -0.25) is 0 Å². The number of anilines is 3. The molecule has 224 valence electrons. The maximum atomic E-state index is 13.4. The number of aryl methyl sites for hydroxylation is 1. The van der Waals surface area contributed by atoms with Gasteiger partial charge >= 0.3 is 12.1 Å². The minimum atomic E-state index is -0.872. The van der Waals surface area contributed by atoms with E-state index < -0.39 is 23.7 Å². The summed E-state index contributed by atoms with van der Waals surface area (Å²) in [5.74, 6) is 0.547. The SMILES string of the molecule is Cc1nc(Nc2ccc(F)cc2)nc(N2CCc3ccc(OC(=O)C(NC(=O)OC(C)(C)C)C(C)C)cc3C2C)c1C. The monoisotopic (exact) mass is 577 g/mol. The standard InChI is InChI=1S/C32H40FN5O4/c1-18(2)27(36-31(40)42-32(6,7)8)29(39)41-25-14-9-22-15-16-38(21(5)26(22)17-25)28-19(3)20(4)34-30(37-28)35-24-12-10-23(33)11-13-24/h9-14,17-18,21,27H,15-16H2,1-8H3,(H,36,40)(H,34,35,37). The van der Waals surface area contributed by atoms with E-state index in [1.807, 2.05) is 39.8 Å². The number of amides is 1. The molecule has 1 aliphatic rings. The van der Waals surface area contributed by atoms with E-state index in [1.165, 1.54) is 17.7 Å². The number of hydrogen-bond acceptors (Lipinski definition) is 8. The third-order valence-electron chi connectivity index (χ3n) is 7.20. The summed E-state index contributed by atoms with van der Waals surface area (Å²) < 4.78 is 24.5. The highest BCUT2D eigenvalue weighted by atomic mass is 19.1. The summed E-state index contributed by atoms with van der Waals surface area (Å²) >= 11 is 0. The molecule has 2 unspecified atom stereocenters. The van der Waals surface area contributed by atoms with Gasteiger partial charge in [0.25, 0.3) is 0 Å². The number of esters is 1. The van der Waals surface area contributed by atoms with Crippen LogP contribution in [0.3, 0.4) is 0 Å². The normalized spacial score (nSPS) is 15.6. The Labute approximate surface area is 246 Å². The zero-order valence-electron chi connectivity index (χ0n) is 25.5. The fraction of sp³-hybridized carbons (Fsp3) is 0.438. The van der Waals surface area contributed by atoms with Crippen LogP contribution in [-0.2, 0) is 16.0 Å². The van der Waals surface area contributed by atoms with Crippen LogP contribution in [0.5, 0.6) is 5.75 Å². The lowest BCUT2D eigenvalue weighted by Crippen LogP contribution is -2.48. The molecule has 0 bridgehead atoms. The average Bonchev–Trinajstić information content (AvgIpc) is 2.90. The highest BCUT2D eigenvalue weighted by Crippen LogP contribution is 2.37. The lowest BCUT2D eigenvalue weighted by atomic mass is 9.93. The Morgan fingerprint density at radius 1 is 1.07 bits per heavy atom. The zero-order chi connectivity index (χ0) is 30.8. The Morgan fingerprint density at radius 2 is 1.76 bits per heavy atom. The number of ether oxygens (including phenoxy) is 2. The van der Waals surface area contributed by atoms with Gasteiger partial charge in [-0.15, -0.1) is 0 Å². The topological polar surface area (TPSA) is 106 Å². The fourth-order valence-corrected chi connectivity index (χ4v) is 4.87. The van der Waals surface area contributed by atoms with Gasteiger partial charge in [0.1, 0.15) is 29.0 Å². The molecule has 2 atom stereocenters. The van der Waals surface area contributed by atoms with Crippen LogP contribution in [0, 0.1) is 25.6 Å². The molecule has 0 fully saturated rings. The first-order chi connectivity index (χ1) is 19.7. The van der Waals surface area contributed by atoms with E-state index in [4.69, 9.17) is 14.5 Å². The number of aromatic nitrogens is 2. The molecule has 0 aliphatic carbocycles. The Bertz CT molecular complexity index is 1450. The van der Waals surface area contributed by atoms with Crippen LogP contribution in [0.1, 0.15) is 70.0 Å². The molecule has 4 rings (SSSR count). The number of alkyl carbamates (subject to hydrolysis) is 1. The maximum absolute atomic E-state index is 13.4. The second-order valence-electron chi connectivity index (χ2n) is 12.0. The van der Waals surface area contributed by atoms with E-state index in [-0.39, 0.29) is 17.8 Å². The van der Waals surface area contributed by atoms with E-state index in [0.717, 1.165) is 35.6 Å². The van der Waals surface area contributed by atoms with E-state index in [1.54, 1.807) is 39.0 Å². The molecule has 3 aromatic rings. The summed E-state index contributed by atoms with van der Waals surface area (Å²) in [4.78, 5) is 37.1. The van der Waals surface area contributed by atoms with Crippen LogP contribution >= 0.6 is 0 Å². The second kappa shape index (κ2) is 12.3. The molecule has 9 nitrogen and oxygen atoms in total. The average molecular weight is 578 g/mol. The van der Waals surface area contributed by atoms with Gasteiger partial charge in [0.15, 0.2) is 0 Å². The van der Waals surface area contributed by atoms with Gasteiger partial charge < -0.3 is 25.0 Å². The number of rotatable bonds is 7. The molecular formula is C32H40FN5O4. The van der Waals surface area contributed by atoms with Gasteiger partial charge in [-0.1, -0.05) is 19.9 Å². The summed E-state index contributed by atoms with van der Waals surface area (Å²) in [7, 11) is 0. The van der Waals surface area contributed by atoms with Gasteiger partial charge in [0.05, 0.1) is 6.04 Å². The van der Waals surface area contributed by atoms with Crippen molar-refractivity contribution >= 4 is 29.5 Å². The molecule has 0 spiro atoms. The van der Waals surface area contributed by atoms with Crippen LogP contribution in [0.2, 0.25) is 0 Å². The Kier molecular flexibility index (Phi) is 9.03. The quantitative estimate of drug-likeness (QED) is 0.240. The molecule has 2 N–H and O–H groups in total. The number of halogens is 1. The third-order valence-corrected chi connectivity index (χ3v) is 7.20. The minimum absolute atomic E-state index is 0.0696. The number of hydrogen-bond donors (Lipinski definition) is 2. The largest absolute Gasteiger partial charge is 0.444 e. The van der Waals surface area contributed by atoms with Gasteiger partial charge in [0, 0.05) is 23.5 Å². The van der Waals surface area contributed by atoms with E-state index in [2.05, 4.69) is 27.4 Å². The molecule has 0 saturated carbocycles. The number of carbonyl (C=O) groups excluding carboxylic acids is 2. The lowest BCUT2D eigenvalue weighted by molar-refractivity contribution is -0.137. The molecule has 1 aromatic heterocycles. The van der Waals surface area contributed by atoms with Crippen LogP contribution < -0.4 is 20.3 Å². The first kappa shape index (κ1) is 30.7. The maximum Gasteiger partial charge on any atom is 0.408 e. The van der Waals surface area contributed by atoms with Crippen molar-refractivity contribution < 1.29 is 23.5 Å². The van der Waals surface area contributed by atoms with E-state index >= 15 is 0 Å². The molecule has 1 aliphatic heterocycles. The number of nitrogens with zero attached hydrogens (tertiary/aromatic N) is 3. The van der Waals surface area contributed by atoms with Crippen LogP contribution in [0.15, 0.2) is 42.5 Å². The summed E-state index contributed by atoms with van der Waals surface area (Å²) in [5, 5.41) is 5.82.